The third-order valence-electron chi connectivity index (χ3n) is 3.81. The van der Waals surface area contributed by atoms with Gasteiger partial charge in [-0.3, -0.25) is 0 Å². The van der Waals surface area contributed by atoms with Gasteiger partial charge in [-0.2, -0.15) is 13.2 Å². The highest BCUT2D eigenvalue weighted by Gasteiger charge is 2.33. The van der Waals surface area contributed by atoms with Gasteiger partial charge in [0, 0.05) is 32.4 Å². The van der Waals surface area contributed by atoms with Crippen LogP contribution in [0.3, 0.4) is 0 Å². The lowest BCUT2D eigenvalue weighted by Gasteiger charge is -2.29. The molecule has 1 unspecified atom stereocenters. The fraction of sp³-hybridized carbons (Fsp3) is 0.600. The van der Waals surface area contributed by atoms with E-state index in [2.05, 4.69) is 0 Å². The Kier molecular flexibility index (Phi) is 5.11. The van der Waals surface area contributed by atoms with Gasteiger partial charge in [0.05, 0.1) is 11.7 Å². The SMILES string of the molecule is CN(CC1CCCCO1)c1ccc(CN)c(C(F)(F)F)c1. The van der Waals surface area contributed by atoms with Crippen LogP contribution in [0.25, 0.3) is 0 Å². The van der Waals surface area contributed by atoms with E-state index in [-0.39, 0.29) is 18.2 Å². The zero-order valence-corrected chi connectivity index (χ0v) is 12.1. The lowest BCUT2D eigenvalue weighted by atomic mass is 10.0. The van der Waals surface area contributed by atoms with Crippen molar-refractivity contribution in [2.75, 3.05) is 25.1 Å². The molecule has 1 aromatic carbocycles. The van der Waals surface area contributed by atoms with Gasteiger partial charge in [-0.25, -0.2) is 0 Å². The van der Waals surface area contributed by atoms with E-state index in [1.54, 1.807) is 13.1 Å². The Hall–Kier alpha value is -1.27. The van der Waals surface area contributed by atoms with Gasteiger partial charge in [-0.1, -0.05) is 6.07 Å². The number of nitrogens with zero attached hydrogens (tertiary/aromatic N) is 1. The minimum absolute atomic E-state index is 0.0901. The zero-order valence-electron chi connectivity index (χ0n) is 12.1. The number of hydrogen-bond donors (Lipinski definition) is 1. The lowest BCUT2D eigenvalue weighted by Crippen LogP contribution is -2.33. The highest BCUT2D eigenvalue weighted by molar-refractivity contribution is 5.51. The summed E-state index contributed by atoms with van der Waals surface area (Å²) in [6.45, 7) is 1.21. The Balaban J connectivity index is 2.15. The topological polar surface area (TPSA) is 38.5 Å². The molecule has 21 heavy (non-hydrogen) atoms. The molecule has 1 atom stereocenters. The molecule has 1 heterocycles. The van der Waals surface area contributed by atoms with Crippen LogP contribution in [0.2, 0.25) is 0 Å². The standard InChI is InChI=1S/C15H21F3N2O/c1-20(10-13-4-2-3-7-21-13)12-6-5-11(9-19)14(8-12)15(16,17)18/h5-6,8,13H,2-4,7,9-10,19H2,1H3. The Morgan fingerprint density at radius 3 is 2.67 bits per heavy atom. The number of nitrogens with two attached hydrogens (primary N) is 1. The fourth-order valence-corrected chi connectivity index (χ4v) is 2.61. The van der Waals surface area contributed by atoms with Crippen molar-refractivity contribution < 1.29 is 17.9 Å². The van der Waals surface area contributed by atoms with Gasteiger partial charge in [-0.05, 0) is 37.0 Å². The van der Waals surface area contributed by atoms with Crippen LogP contribution in [0.4, 0.5) is 18.9 Å². The minimum Gasteiger partial charge on any atom is -0.376 e. The monoisotopic (exact) mass is 302 g/mol. The lowest BCUT2D eigenvalue weighted by molar-refractivity contribution is -0.138. The van der Waals surface area contributed by atoms with Gasteiger partial charge >= 0.3 is 6.18 Å². The second-order valence-corrected chi connectivity index (χ2v) is 5.41. The van der Waals surface area contributed by atoms with E-state index in [4.69, 9.17) is 10.5 Å². The fourth-order valence-electron chi connectivity index (χ4n) is 2.61. The van der Waals surface area contributed by atoms with Crippen molar-refractivity contribution in [3.8, 4) is 0 Å². The molecule has 6 heteroatoms. The number of likely N-dealkylation sites (N-methyl/N-ethyl adjacent to an activating group) is 1. The van der Waals surface area contributed by atoms with Gasteiger partial charge in [-0.15, -0.1) is 0 Å². The molecule has 1 fully saturated rings. The van der Waals surface area contributed by atoms with Gasteiger partial charge < -0.3 is 15.4 Å². The normalized spacial score (nSPS) is 19.6. The van der Waals surface area contributed by atoms with Crippen molar-refractivity contribution in [3.63, 3.8) is 0 Å². The van der Waals surface area contributed by atoms with Crippen LogP contribution >= 0.6 is 0 Å². The number of hydrogen-bond acceptors (Lipinski definition) is 3. The number of ether oxygens (including phenoxy) is 1. The minimum atomic E-state index is -4.38. The Bertz CT molecular complexity index is 470. The Morgan fingerprint density at radius 1 is 1.33 bits per heavy atom. The number of rotatable bonds is 4. The molecule has 0 bridgehead atoms. The quantitative estimate of drug-likeness (QED) is 0.928. The molecule has 0 amide bonds. The smallest absolute Gasteiger partial charge is 0.376 e. The van der Waals surface area contributed by atoms with E-state index in [0.29, 0.717) is 12.2 Å². The van der Waals surface area contributed by atoms with Gasteiger partial charge in [0.15, 0.2) is 0 Å². The first-order valence-electron chi connectivity index (χ1n) is 7.14. The largest absolute Gasteiger partial charge is 0.416 e. The third-order valence-corrected chi connectivity index (χ3v) is 3.81. The molecule has 2 N–H and O–H groups in total. The molecule has 0 spiro atoms. The van der Waals surface area contributed by atoms with Crippen molar-refractivity contribution >= 4 is 5.69 Å². The number of halogens is 3. The van der Waals surface area contributed by atoms with Crippen LogP contribution in [0, 0.1) is 0 Å². The summed E-state index contributed by atoms with van der Waals surface area (Å²) in [5, 5.41) is 0. The summed E-state index contributed by atoms with van der Waals surface area (Å²) in [6, 6.07) is 4.31. The molecule has 0 aromatic heterocycles. The number of anilines is 1. The zero-order chi connectivity index (χ0) is 15.5. The van der Waals surface area contributed by atoms with Crippen molar-refractivity contribution in [2.45, 2.75) is 38.1 Å². The molecular formula is C15H21F3N2O. The highest BCUT2D eigenvalue weighted by Crippen LogP contribution is 2.34. The van der Waals surface area contributed by atoms with Crippen LogP contribution < -0.4 is 10.6 Å². The third kappa shape index (κ3) is 4.11. The summed E-state index contributed by atoms with van der Waals surface area (Å²) >= 11 is 0. The van der Waals surface area contributed by atoms with Gasteiger partial charge in [0.2, 0.25) is 0 Å². The number of alkyl halides is 3. The highest BCUT2D eigenvalue weighted by atomic mass is 19.4. The predicted octanol–water partition coefficient (Wildman–Crippen LogP) is 3.17. The Morgan fingerprint density at radius 2 is 2.10 bits per heavy atom. The van der Waals surface area contributed by atoms with Crippen LogP contribution in [0.15, 0.2) is 18.2 Å². The summed E-state index contributed by atoms with van der Waals surface area (Å²) in [5.74, 6) is 0. The van der Waals surface area contributed by atoms with E-state index < -0.39 is 11.7 Å². The maximum absolute atomic E-state index is 13.0. The molecule has 3 nitrogen and oxygen atoms in total. The molecule has 1 aromatic rings. The van der Waals surface area contributed by atoms with Gasteiger partial charge in [0.25, 0.3) is 0 Å². The molecule has 1 aliphatic rings. The second kappa shape index (κ2) is 6.66. The van der Waals surface area contributed by atoms with Crippen LogP contribution in [-0.2, 0) is 17.5 Å². The first kappa shape index (κ1) is 16.1. The average Bonchev–Trinajstić information content (AvgIpc) is 2.46. The molecule has 2 rings (SSSR count). The first-order chi connectivity index (χ1) is 9.91. The summed E-state index contributed by atoms with van der Waals surface area (Å²) in [6.07, 6.45) is -1.17. The summed E-state index contributed by atoms with van der Waals surface area (Å²) < 4.78 is 44.7. The van der Waals surface area contributed by atoms with Gasteiger partial charge in [0.1, 0.15) is 0 Å². The molecule has 1 aliphatic heterocycles. The van der Waals surface area contributed by atoms with Crippen LogP contribution in [0.5, 0.6) is 0 Å². The van der Waals surface area contributed by atoms with Crippen molar-refractivity contribution in [2.24, 2.45) is 5.73 Å². The molecule has 0 radical (unpaired) electrons. The van der Waals surface area contributed by atoms with Crippen molar-refractivity contribution in [1.29, 1.82) is 0 Å². The maximum Gasteiger partial charge on any atom is 0.416 e. The van der Waals surface area contributed by atoms with Crippen molar-refractivity contribution in [1.82, 2.24) is 0 Å². The summed E-state index contributed by atoms with van der Waals surface area (Å²) in [7, 11) is 1.79. The summed E-state index contributed by atoms with van der Waals surface area (Å²) in [4.78, 5) is 1.81. The first-order valence-corrected chi connectivity index (χ1v) is 7.14. The van der Waals surface area contributed by atoms with E-state index in [1.807, 2.05) is 4.90 Å². The van der Waals surface area contributed by atoms with E-state index in [0.717, 1.165) is 25.9 Å². The average molecular weight is 302 g/mol. The summed E-state index contributed by atoms with van der Waals surface area (Å²) in [5.41, 5.74) is 5.39. The molecule has 0 aliphatic carbocycles. The van der Waals surface area contributed by atoms with E-state index in [9.17, 15) is 13.2 Å². The second-order valence-electron chi connectivity index (χ2n) is 5.41. The van der Waals surface area contributed by atoms with Crippen LogP contribution in [0.1, 0.15) is 30.4 Å². The van der Waals surface area contributed by atoms with Crippen molar-refractivity contribution in [3.05, 3.63) is 29.3 Å². The van der Waals surface area contributed by atoms with E-state index in [1.165, 1.54) is 12.1 Å². The predicted molar refractivity (Wildman–Crippen MR) is 76.2 cm³/mol. The van der Waals surface area contributed by atoms with Crippen LogP contribution in [-0.4, -0.2) is 26.3 Å². The molecule has 1 saturated heterocycles. The maximum atomic E-state index is 13.0. The number of benzene rings is 1. The molecule has 118 valence electrons. The molecule has 0 saturated carbocycles. The van der Waals surface area contributed by atoms with E-state index >= 15 is 0 Å². The Labute approximate surface area is 122 Å². The molecular weight excluding hydrogens is 281 g/mol.